The summed E-state index contributed by atoms with van der Waals surface area (Å²) in [6, 6.07) is 8.45. The molecular formula is C29H34N8O2. The summed E-state index contributed by atoms with van der Waals surface area (Å²) in [6.07, 6.45) is 11.3. The molecule has 2 unspecified atom stereocenters. The van der Waals surface area contributed by atoms with Crippen molar-refractivity contribution in [3.05, 3.63) is 54.7 Å². The van der Waals surface area contributed by atoms with Crippen molar-refractivity contribution in [2.24, 2.45) is 7.05 Å². The summed E-state index contributed by atoms with van der Waals surface area (Å²) in [7, 11) is 1.89. The van der Waals surface area contributed by atoms with Crippen molar-refractivity contribution in [1.29, 1.82) is 5.26 Å². The first-order valence-corrected chi connectivity index (χ1v) is 13.4. The fourth-order valence-electron chi connectivity index (χ4n) is 6.06. The Labute approximate surface area is 228 Å². The third-order valence-corrected chi connectivity index (χ3v) is 7.86. The molecule has 2 aliphatic rings. The first-order chi connectivity index (χ1) is 18.7. The van der Waals surface area contributed by atoms with Gasteiger partial charge in [-0.3, -0.25) is 4.68 Å². The van der Waals surface area contributed by atoms with E-state index in [0.717, 1.165) is 72.5 Å². The highest BCUT2D eigenvalue weighted by Crippen LogP contribution is 2.41. The molecule has 0 amide bonds. The van der Waals surface area contributed by atoms with Gasteiger partial charge in [0.05, 0.1) is 29.1 Å². The highest BCUT2D eigenvalue weighted by atomic mass is 16.6. The van der Waals surface area contributed by atoms with Crippen LogP contribution in [-0.2, 0) is 11.8 Å². The number of nitriles is 1. The first kappa shape index (κ1) is 25.5. The van der Waals surface area contributed by atoms with E-state index in [9.17, 15) is 10.4 Å². The summed E-state index contributed by atoms with van der Waals surface area (Å²) in [6.45, 7) is 8.39. The Balaban J connectivity index is 1.29. The highest BCUT2D eigenvalue weighted by molar-refractivity contribution is 5.87. The summed E-state index contributed by atoms with van der Waals surface area (Å²) in [5.41, 5.74) is 4.48. The van der Waals surface area contributed by atoms with Gasteiger partial charge in [0, 0.05) is 73.1 Å². The number of pyridine rings is 2. The maximum atomic E-state index is 10.9. The minimum absolute atomic E-state index is 0.117. The Hall–Kier alpha value is -3.78. The molecule has 2 fully saturated rings. The number of likely N-dealkylation sites (tertiary alicyclic amines) is 1. The first-order valence-electron chi connectivity index (χ1n) is 13.4. The predicted octanol–water partition coefficient (Wildman–Crippen LogP) is 3.80. The molecule has 0 saturated carbocycles. The quantitative estimate of drug-likeness (QED) is 0.391. The predicted molar refractivity (Wildman–Crippen MR) is 148 cm³/mol. The van der Waals surface area contributed by atoms with Gasteiger partial charge >= 0.3 is 0 Å². The Kier molecular flexibility index (Phi) is 6.18. The molecule has 0 aliphatic carbocycles. The SMILES string of the molecule is Cn1cc(-c2cc(-c3ccc(N4CCC5(CCCN5C(O)OC(C)(C)C)C4)nc3)c3c(C#N)cnn3c2)cn1. The number of aromatic nitrogens is 5. The van der Waals surface area contributed by atoms with E-state index < -0.39 is 12.0 Å². The number of aliphatic hydroxyl groups is 1. The van der Waals surface area contributed by atoms with Gasteiger partial charge in [0.15, 0.2) is 0 Å². The van der Waals surface area contributed by atoms with E-state index in [4.69, 9.17) is 9.72 Å². The molecule has 0 radical (unpaired) electrons. The molecule has 10 heteroatoms. The van der Waals surface area contributed by atoms with Crippen LogP contribution < -0.4 is 4.90 Å². The molecule has 6 heterocycles. The molecule has 2 saturated heterocycles. The van der Waals surface area contributed by atoms with Crippen LogP contribution in [0.2, 0.25) is 0 Å². The van der Waals surface area contributed by atoms with E-state index in [0.29, 0.717) is 5.56 Å². The minimum Gasteiger partial charge on any atom is -0.356 e. The van der Waals surface area contributed by atoms with Gasteiger partial charge < -0.3 is 14.7 Å². The number of aryl methyl sites for hydroxylation is 1. The Morgan fingerprint density at radius 1 is 1.05 bits per heavy atom. The molecule has 4 aromatic rings. The zero-order valence-electron chi connectivity index (χ0n) is 22.9. The molecular weight excluding hydrogens is 492 g/mol. The molecule has 6 rings (SSSR count). The Morgan fingerprint density at radius 3 is 2.59 bits per heavy atom. The molecule has 202 valence electrons. The second-order valence-corrected chi connectivity index (χ2v) is 11.7. The summed E-state index contributed by atoms with van der Waals surface area (Å²) in [4.78, 5) is 9.29. The smallest absolute Gasteiger partial charge is 0.217 e. The molecule has 10 nitrogen and oxygen atoms in total. The van der Waals surface area contributed by atoms with E-state index in [1.165, 1.54) is 0 Å². The van der Waals surface area contributed by atoms with Crippen LogP contribution in [0.25, 0.3) is 27.8 Å². The van der Waals surface area contributed by atoms with Crippen molar-refractivity contribution >= 4 is 11.3 Å². The van der Waals surface area contributed by atoms with Crippen molar-refractivity contribution in [1.82, 2.24) is 29.3 Å². The van der Waals surface area contributed by atoms with Gasteiger partial charge in [0.2, 0.25) is 6.41 Å². The largest absolute Gasteiger partial charge is 0.356 e. The van der Waals surface area contributed by atoms with Crippen LogP contribution >= 0.6 is 0 Å². The second-order valence-electron chi connectivity index (χ2n) is 11.7. The number of anilines is 1. The average Bonchev–Trinajstić information content (AvgIpc) is 3.70. The molecule has 0 aromatic carbocycles. The fraction of sp³-hybridized carbons (Fsp3) is 0.448. The van der Waals surface area contributed by atoms with Gasteiger partial charge in [-0.15, -0.1) is 0 Å². The lowest BCUT2D eigenvalue weighted by Gasteiger charge is -2.40. The molecule has 0 bridgehead atoms. The summed E-state index contributed by atoms with van der Waals surface area (Å²) in [5.74, 6) is 0.905. The van der Waals surface area contributed by atoms with Crippen LogP contribution in [0.1, 0.15) is 45.6 Å². The lowest BCUT2D eigenvalue weighted by Crippen LogP contribution is -2.53. The Bertz CT molecular complexity index is 1540. The van der Waals surface area contributed by atoms with Gasteiger partial charge in [-0.1, -0.05) is 0 Å². The van der Waals surface area contributed by atoms with Gasteiger partial charge in [-0.2, -0.15) is 15.5 Å². The average molecular weight is 527 g/mol. The van der Waals surface area contributed by atoms with Crippen molar-refractivity contribution in [3.8, 4) is 28.3 Å². The van der Waals surface area contributed by atoms with E-state index in [-0.39, 0.29) is 5.54 Å². The van der Waals surface area contributed by atoms with E-state index in [2.05, 4.69) is 38.2 Å². The van der Waals surface area contributed by atoms with Crippen molar-refractivity contribution in [2.45, 2.75) is 57.6 Å². The van der Waals surface area contributed by atoms with Crippen molar-refractivity contribution < 1.29 is 9.84 Å². The van der Waals surface area contributed by atoms with Crippen LogP contribution in [0, 0.1) is 11.3 Å². The summed E-state index contributed by atoms with van der Waals surface area (Å²) in [5, 5.41) is 29.4. The Morgan fingerprint density at radius 2 is 1.90 bits per heavy atom. The standard InChI is InChI=1S/C29H34N8O2/c1-28(2,3)39-27(38)36-10-5-8-29(36)9-11-35(19-29)25-7-6-20(14-31-25)24-12-21(23-16-32-34(4)17-23)18-37-26(24)22(13-30)15-33-37/h6-7,12,14-18,27,38H,5,8-11,19H2,1-4H3. The monoisotopic (exact) mass is 526 g/mol. The number of ether oxygens (including phenoxy) is 1. The fourth-order valence-corrected chi connectivity index (χ4v) is 6.06. The van der Waals surface area contributed by atoms with Crippen LogP contribution in [0.3, 0.4) is 0 Å². The van der Waals surface area contributed by atoms with Crippen molar-refractivity contribution in [2.75, 3.05) is 24.5 Å². The highest BCUT2D eigenvalue weighted by Gasteiger charge is 2.49. The normalized spacial score (nSPS) is 20.8. The number of fused-ring (bicyclic) bond motifs is 1. The lowest BCUT2D eigenvalue weighted by molar-refractivity contribution is -0.252. The van der Waals surface area contributed by atoms with Crippen LogP contribution in [0.5, 0.6) is 0 Å². The zero-order valence-corrected chi connectivity index (χ0v) is 22.9. The van der Waals surface area contributed by atoms with Crippen molar-refractivity contribution in [3.63, 3.8) is 0 Å². The number of aliphatic hydroxyl groups excluding tert-OH is 1. The maximum absolute atomic E-state index is 10.9. The minimum atomic E-state index is -0.915. The molecule has 2 atom stereocenters. The molecule has 4 aromatic heterocycles. The zero-order chi connectivity index (χ0) is 27.4. The van der Waals surface area contributed by atoms with Crippen LogP contribution in [0.15, 0.2) is 49.2 Å². The van der Waals surface area contributed by atoms with Crippen LogP contribution in [0.4, 0.5) is 5.82 Å². The van der Waals surface area contributed by atoms with Gasteiger partial charge in [-0.05, 0) is 58.2 Å². The third kappa shape index (κ3) is 4.67. The molecule has 1 spiro atoms. The van der Waals surface area contributed by atoms with Crippen LogP contribution in [-0.4, -0.2) is 71.6 Å². The van der Waals surface area contributed by atoms with E-state index in [1.54, 1.807) is 15.4 Å². The maximum Gasteiger partial charge on any atom is 0.217 e. The molecule has 1 N–H and O–H groups in total. The summed E-state index contributed by atoms with van der Waals surface area (Å²) >= 11 is 0. The lowest BCUT2D eigenvalue weighted by atomic mass is 9.95. The second kappa shape index (κ2) is 9.45. The summed E-state index contributed by atoms with van der Waals surface area (Å²) < 4.78 is 9.44. The van der Waals surface area contributed by atoms with Gasteiger partial charge in [0.25, 0.3) is 0 Å². The number of nitrogens with zero attached hydrogens (tertiary/aromatic N) is 8. The van der Waals surface area contributed by atoms with Gasteiger partial charge in [0.1, 0.15) is 11.9 Å². The van der Waals surface area contributed by atoms with E-state index >= 15 is 0 Å². The number of hydrogen-bond acceptors (Lipinski definition) is 8. The van der Waals surface area contributed by atoms with Gasteiger partial charge in [-0.25, -0.2) is 14.4 Å². The van der Waals surface area contributed by atoms with E-state index in [1.807, 2.05) is 58.7 Å². The number of hydrogen-bond donors (Lipinski definition) is 1. The number of rotatable bonds is 5. The topological polar surface area (TPSA) is 108 Å². The molecule has 39 heavy (non-hydrogen) atoms. The third-order valence-electron chi connectivity index (χ3n) is 7.86. The molecule has 2 aliphatic heterocycles.